The van der Waals surface area contributed by atoms with E-state index in [1.165, 1.54) is 25.1 Å². The Morgan fingerprint density at radius 2 is 1.76 bits per heavy atom. The standard InChI is InChI=1S/C20H16N4O5/c1-10-3-5-15-12(7-10)8-17(21-15)18(26)23-24-19(27)14-9-13(29-11(2)25)4-6-16(14)22-20(24)28/h3-9,21H,1-2H3,(H,22,28)(H,23,26). The Kier molecular flexibility index (Phi) is 4.27. The maximum atomic E-state index is 12.7. The quantitative estimate of drug-likeness (QED) is 0.362. The summed E-state index contributed by atoms with van der Waals surface area (Å²) in [6.45, 7) is 3.17. The Bertz CT molecular complexity index is 1410. The van der Waals surface area contributed by atoms with Crippen molar-refractivity contribution in [3.05, 3.63) is 74.6 Å². The molecule has 0 unspecified atom stereocenters. The van der Waals surface area contributed by atoms with E-state index in [-0.39, 0.29) is 22.3 Å². The molecule has 2 aromatic heterocycles. The van der Waals surface area contributed by atoms with Crippen molar-refractivity contribution in [1.29, 1.82) is 0 Å². The van der Waals surface area contributed by atoms with Gasteiger partial charge in [-0.2, -0.15) is 4.68 Å². The third kappa shape index (κ3) is 3.41. The van der Waals surface area contributed by atoms with Crippen LogP contribution in [0.5, 0.6) is 5.75 Å². The van der Waals surface area contributed by atoms with Crippen LogP contribution in [0.2, 0.25) is 0 Å². The summed E-state index contributed by atoms with van der Waals surface area (Å²) in [7, 11) is 0. The number of nitrogens with one attached hydrogen (secondary N) is 3. The second-order valence-corrected chi connectivity index (χ2v) is 6.59. The average Bonchev–Trinajstić information content (AvgIpc) is 3.08. The fourth-order valence-electron chi connectivity index (χ4n) is 3.06. The van der Waals surface area contributed by atoms with Gasteiger partial charge >= 0.3 is 11.7 Å². The lowest BCUT2D eigenvalue weighted by molar-refractivity contribution is -0.131. The minimum Gasteiger partial charge on any atom is -0.427 e. The van der Waals surface area contributed by atoms with E-state index in [1.54, 1.807) is 6.07 Å². The number of amides is 1. The summed E-state index contributed by atoms with van der Waals surface area (Å²) in [6, 6.07) is 11.5. The maximum absolute atomic E-state index is 12.7. The van der Waals surface area contributed by atoms with Gasteiger partial charge < -0.3 is 14.7 Å². The molecule has 4 rings (SSSR count). The second kappa shape index (κ2) is 6.79. The van der Waals surface area contributed by atoms with Crippen LogP contribution in [0.25, 0.3) is 21.8 Å². The Labute approximate surface area is 162 Å². The molecule has 0 saturated heterocycles. The highest BCUT2D eigenvalue weighted by Gasteiger charge is 2.15. The minimum atomic E-state index is -0.803. The third-order valence-corrected chi connectivity index (χ3v) is 4.37. The number of carbonyl (C=O) groups excluding carboxylic acids is 2. The van der Waals surface area contributed by atoms with Crippen LogP contribution >= 0.6 is 0 Å². The molecule has 1 amide bonds. The molecule has 4 aromatic rings. The van der Waals surface area contributed by atoms with Crippen molar-refractivity contribution >= 4 is 33.7 Å². The van der Waals surface area contributed by atoms with Gasteiger partial charge in [0.05, 0.1) is 10.9 Å². The summed E-state index contributed by atoms with van der Waals surface area (Å²) in [5.41, 5.74) is 3.00. The van der Waals surface area contributed by atoms with Crippen LogP contribution in [0.1, 0.15) is 23.0 Å². The molecule has 0 aliphatic carbocycles. The van der Waals surface area contributed by atoms with Crippen LogP contribution in [0.15, 0.2) is 52.1 Å². The first kappa shape index (κ1) is 18.2. The van der Waals surface area contributed by atoms with Crippen LogP contribution in [0.4, 0.5) is 0 Å². The number of aryl methyl sites for hydroxylation is 1. The van der Waals surface area contributed by atoms with E-state index in [0.29, 0.717) is 4.68 Å². The second-order valence-electron chi connectivity index (χ2n) is 6.59. The largest absolute Gasteiger partial charge is 0.427 e. The Morgan fingerprint density at radius 3 is 2.52 bits per heavy atom. The summed E-state index contributed by atoms with van der Waals surface area (Å²) >= 11 is 0. The number of fused-ring (bicyclic) bond motifs is 2. The lowest BCUT2D eigenvalue weighted by Crippen LogP contribution is -2.43. The smallest absolute Gasteiger partial charge is 0.348 e. The molecular formula is C20H16N4O5. The molecule has 2 aromatic carbocycles. The van der Waals surface area contributed by atoms with Crippen molar-refractivity contribution in [2.24, 2.45) is 0 Å². The number of esters is 1. The molecule has 0 atom stereocenters. The third-order valence-electron chi connectivity index (χ3n) is 4.37. The average molecular weight is 392 g/mol. The number of aromatic nitrogens is 3. The molecule has 29 heavy (non-hydrogen) atoms. The van der Waals surface area contributed by atoms with Crippen molar-refractivity contribution in [1.82, 2.24) is 14.6 Å². The molecule has 0 saturated carbocycles. The van der Waals surface area contributed by atoms with Gasteiger partial charge in [-0.15, -0.1) is 0 Å². The highest BCUT2D eigenvalue weighted by atomic mass is 16.5. The lowest BCUT2D eigenvalue weighted by Gasteiger charge is -2.08. The predicted molar refractivity (Wildman–Crippen MR) is 107 cm³/mol. The summed E-state index contributed by atoms with van der Waals surface area (Å²) in [6.07, 6.45) is 0. The molecular weight excluding hydrogens is 376 g/mol. The van der Waals surface area contributed by atoms with Gasteiger partial charge in [-0.1, -0.05) is 11.6 Å². The lowest BCUT2D eigenvalue weighted by atomic mass is 10.2. The molecule has 0 fully saturated rings. The number of carbonyl (C=O) groups is 2. The molecule has 0 aliphatic heterocycles. The monoisotopic (exact) mass is 392 g/mol. The van der Waals surface area contributed by atoms with Crippen LogP contribution in [0.3, 0.4) is 0 Å². The number of ether oxygens (including phenoxy) is 1. The summed E-state index contributed by atoms with van der Waals surface area (Å²) in [4.78, 5) is 54.2. The highest BCUT2D eigenvalue weighted by Crippen LogP contribution is 2.18. The normalized spacial score (nSPS) is 11.0. The van der Waals surface area contributed by atoms with Gasteiger partial charge in [-0.05, 0) is 43.3 Å². The van der Waals surface area contributed by atoms with Crippen molar-refractivity contribution in [2.75, 3.05) is 5.43 Å². The number of hydrogen-bond donors (Lipinski definition) is 3. The number of hydrogen-bond acceptors (Lipinski definition) is 5. The first-order valence-corrected chi connectivity index (χ1v) is 8.70. The van der Waals surface area contributed by atoms with E-state index in [4.69, 9.17) is 4.74 Å². The van der Waals surface area contributed by atoms with E-state index < -0.39 is 23.1 Å². The maximum Gasteiger partial charge on any atom is 0.348 e. The minimum absolute atomic E-state index is 0.0796. The summed E-state index contributed by atoms with van der Waals surface area (Å²) < 4.78 is 5.55. The topological polar surface area (TPSA) is 126 Å². The summed E-state index contributed by atoms with van der Waals surface area (Å²) in [5.74, 6) is -1.04. The van der Waals surface area contributed by atoms with Gasteiger partial charge in [-0.25, -0.2) is 4.79 Å². The van der Waals surface area contributed by atoms with E-state index in [2.05, 4.69) is 15.4 Å². The van der Waals surface area contributed by atoms with Gasteiger partial charge in [0.2, 0.25) is 0 Å². The van der Waals surface area contributed by atoms with Crippen LogP contribution in [0, 0.1) is 6.92 Å². The number of aromatic amines is 2. The fraction of sp³-hybridized carbons (Fsp3) is 0.100. The zero-order chi connectivity index (χ0) is 20.7. The van der Waals surface area contributed by atoms with E-state index in [9.17, 15) is 19.2 Å². The zero-order valence-corrected chi connectivity index (χ0v) is 15.5. The molecule has 0 aliphatic rings. The van der Waals surface area contributed by atoms with E-state index in [0.717, 1.165) is 16.5 Å². The SMILES string of the molecule is CC(=O)Oc1ccc2[nH]c(=O)n(NC(=O)c3cc4cc(C)ccc4[nH]3)c(=O)c2c1. The van der Waals surface area contributed by atoms with Crippen molar-refractivity contribution in [3.63, 3.8) is 0 Å². The van der Waals surface area contributed by atoms with Gasteiger partial charge in [-0.3, -0.25) is 19.8 Å². The van der Waals surface area contributed by atoms with E-state index in [1.807, 2.05) is 25.1 Å². The summed E-state index contributed by atoms with van der Waals surface area (Å²) in [5, 5.41) is 0.914. The molecule has 0 radical (unpaired) electrons. The predicted octanol–water partition coefficient (Wildman–Crippen LogP) is 1.79. The molecule has 3 N–H and O–H groups in total. The first-order valence-electron chi connectivity index (χ1n) is 8.70. The Morgan fingerprint density at radius 1 is 1.00 bits per heavy atom. The molecule has 0 bridgehead atoms. The van der Waals surface area contributed by atoms with Gasteiger partial charge in [0.15, 0.2) is 0 Å². The fourth-order valence-corrected chi connectivity index (χ4v) is 3.06. The first-order chi connectivity index (χ1) is 13.8. The zero-order valence-electron chi connectivity index (χ0n) is 15.5. The molecule has 9 heteroatoms. The van der Waals surface area contributed by atoms with Crippen LogP contribution in [-0.4, -0.2) is 26.5 Å². The van der Waals surface area contributed by atoms with Crippen molar-refractivity contribution < 1.29 is 14.3 Å². The molecule has 2 heterocycles. The van der Waals surface area contributed by atoms with Gasteiger partial charge in [0.25, 0.3) is 11.5 Å². The van der Waals surface area contributed by atoms with Crippen LogP contribution in [-0.2, 0) is 4.79 Å². The van der Waals surface area contributed by atoms with Crippen molar-refractivity contribution in [3.8, 4) is 5.75 Å². The van der Waals surface area contributed by atoms with Crippen molar-refractivity contribution in [2.45, 2.75) is 13.8 Å². The highest BCUT2D eigenvalue weighted by molar-refractivity contribution is 6.02. The number of benzene rings is 2. The number of rotatable bonds is 3. The molecule has 146 valence electrons. The van der Waals surface area contributed by atoms with E-state index >= 15 is 0 Å². The Hall–Kier alpha value is -4.14. The molecule has 9 nitrogen and oxygen atoms in total. The Balaban J connectivity index is 1.74. The van der Waals surface area contributed by atoms with Crippen LogP contribution < -0.4 is 21.4 Å². The van der Waals surface area contributed by atoms with Gasteiger partial charge in [0, 0.05) is 17.8 Å². The van der Waals surface area contributed by atoms with Gasteiger partial charge in [0.1, 0.15) is 11.4 Å². The number of H-pyrrole nitrogens is 2. The number of nitrogens with zero attached hydrogens (tertiary/aromatic N) is 1. The molecule has 0 spiro atoms.